The van der Waals surface area contributed by atoms with Gasteiger partial charge < -0.3 is 20.6 Å². The molecule has 9 nitrogen and oxygen atoms in total. The molecule has 1 fully saturated rings. The maximum absolute atomic E-state index is 11.9. The third-order valence-corrected chi connectivity index (χ3v) is 7.40. The fourth-order valence-corrected chi connectivity index (χ4v) is 5.46. The van der Waals surface area contributed by atoms with Gasteiger partial charge in [0.25, 0.3) is 0 Å². The number of fused-ring (bicyclic) bond motifs is 2. The Morgan fingerprint density at radius 2 is 1.83 bits per heavy atom. The molecule has 2 aliphatic heterocycles. The Morgan fingerprint density at radius 1 is 1.03 bits per heavy atom. The molecule has 1 aromatic carbocycles. The quantitative estimate of drug-likeness (QED) is 0.459. The predicted molar refractivity (Wildman–Crippen MR) is 138 cm³/mol. The van der Waals surface area contributed by atoms with E-state index < -0.39 is 6.61 Å². The van der Waals surface area contributed by atoms with Crippen LogP contribution in [0.5, 0.6) is 0 Å². The number of nitrogens with two attached hydrogens (primary N) is 1. The van der Waals surface area contributed by atoms with Gasteiger partial charge in [-0.05, 0) is 31.7 Å². The number of amides is 1. The molecule has 1 saturated heterocycles. The molecule has 0 aliphatic carbocycles. The summed E-state index contributed by atoms with van der Waals surface area (Å²) < 4.78 is 1.74. The summed E-state index contributed by atoms with van der Waals surface area (Å²) in [4.78, 5) is 25.8. The number of anilines is 2. The van der Waals surface area contributed by atoms with Crippen LogP contribution in [0.25, 0.3) is 28.0 Å². The lowest BCUT2D eigenvalue weighted by Crippen LogP contribution is -2.49. The van der Waals surface area contributed by atoms with Crippen LogP contribution in [0.2, 0.25) is 0 Å². The summed E-state index contributed by atoms with van der Waals surface area (Å²) in [5, 5.41) is 13.8. The molecule has 3 N–H and O–H groups in total. The van der Waals surface area contributed by atoms with Gasteiger partial charge in [-0.25, -0.2) is 4.98 Å². The number of pyridine rings is 1. The summed E-state index contributed by atoms with van der Waals surface area (Å²) in [5.74, 6) is 1.36. The van der Waals surface area contributed by atoms with E-state index in [1.807, 2.05) is 48.8 Å². The Morgan fingerprint density at radius 3 is 2.56 bits per heavy atom. The number of hydrogen-bond donors (Lipinski definition) is 2. The molecule has 36 heavy (non-hydrogen) atoms. The number of likely N-dealkylation sites (tertiary alicyclic amines) is 1. The molecule has 2 aliphatic rings. The zero-order valence-electron chi connectivity index (χ0n) is 20.0. The van der Waals surface area contributed by atoms with Gasteiger partial charge in [-0.1, -0.05) is 36.4 Å². The summed E-state index contributed by atoms with van der Waals surface area (Å²) in [6.45, 7) is 1.76. The van der Waals surface area contributed by atoms with E-state index in [0.29, 0.717) is 18.9 Å². The second-order valence-corrected chi connectivity index (χ2v) is 9.46. The molecular formula is C27H29N7O2. The number of rotatable bonds is 4. The van der Waals surface area contributed by atoms with Crippen LogP contribution >= 0.6 is 0 Å². The molecule has 3 aromatic heterocycles. The van der Waals surface area contributed by atoms with Crippen molar-refractivity contribution < 1.29 is 9.90 Å². The number of carbonyl (C=O) groups is 1. The topological polar surface area (TPSA) is 113 Å². The van der Waals surface area contributed by atoms with Crippen molar-refractivity contribution in [2.24, 2.45) is 0 Å². The highest BCUT2D eigenvalue weighted by Gasteiger charge is 2.32. The first-order valence-electron chi connectivity index (χ1n) is 12.5. The molecule has 0 bridgehead atoms. The maximum atomic E-state index is 11.9. The van der Waals surface area contributed by atoms with Crippen molar-refractivity contribution in [3.05, 3.63) is 60.4 Å². The average molecular weight is 484 g/mol. The Bertz CT molecular complexity index is 1390. The zero-order chi connectivity index (χ0) is 24.6. The second kappa shape index (κ2) is 9.23. The van der Waals surface area contributed by atoms with Gasteiger partial charge in [-0.2, -0.15) is 9.61 Å². The van der Waals surface area contributed by atoms with Crippen LogP contribution in [0, 0.1) is 0 Å². The first kappa shape index (κ1) is 22.5. The Kier molecular flexibility index (Phi) is 5.77. The molecule has 0 unspecified atom stereocenters. The van der Waals surface area contributed by atoms with Gasteiger partial charge in [0.05, 0.1) is 11.9 Å². The van der Waals surface area contributed by atoms with E-state index in [4.69, 9.17) is 10.7 Å². The van der Waals surface area contributed by atoms with Crippen molar-refractivity contribution in [2.75, 3.05) is 36.9 Å². The first-order valence-corrected chi connectivity index (χ1v) is 12.5. The minimum atomic E-state index is -0.432. The molecule has 9 heteroatoms. The van der Waals surface area contributed by atoms with Gasteiger partial charge in [0.1, 0.15) is 18.2 Å². The van der Waals surface area contributed by atoms with Gasteiger partial charge in [0.15, 0.2) is 5.65 Å². The number of aromatic nitrogens is 4. The summed E-state index contributed by atoms with van der Waals surface area (Å²) in [6.07, 6.45) is 7.23. The summed E-state index contributed by atoms with van der Waals surface area (Å²) >= 11 is 0. The third kappa shape index (κ3) is 3.85. The van der Waals surface area contributed by atoms with Crippen molar-refractivity contribution in [3.63, 3.8) is 0 Å². The van der Waals surface area contributed by atoms with Gasteiger partial charge in [-0.15, -0.1) is 0 Å². The fraction of sp³-hybridized carbons (Fsp3) is 0.333. The zero-order valence-corrected chi connectivity index (χ0v) is 20.0. The fourth-order valence-electron chi connectivity index (χ4n) is 5.46. The minimum Gasteiger partial charge on any atom is -0.387 e. The number of aliphatic hydroxyl groups is 1. The van der Waals surface area contributed by atoms with Crippen LogP contribution < -0.4 is 10.6 Å². The number of carbonyl (C=O) groups excluding carboxylic acids is 1. The highest BCUT2D eigenvalue weighted by Crippen LogP contribution is 2.36. The van der Waals surface area contributed by atoms with Crippen molar-refractivity contribution in [1.29, 1.82) is 0 Å². The van der Waals surface area contributed by atoms with Gasteiger partial charge in [0.2, 0.25) is 5.91 Å². The van der Waals surface area contributed by atoms with E-state index in [-0.39, 0.29) is 11.9 Å². The smallest absolute Gasteiger partial charge is 0.248 e. The van der Waals surface area contributed by atoms with Gasteiger partial charge in [0, 0.05) is 54.1 Å². The van der Waals surface area contributed by atoms with Crippen LogP contribution in [0.3, 0.4) is 0 Å². The highest BCUT2D eigenvalue weighted by atomic mass is 16.3. The Balaban J connectivity index is 1.34. The lowest BCUT2D eigenvalue weighted by Gasteiger charge is -2.41. The molecule has 0 spiro atoms. The molecule has 184 valence electrons. The standard InChI is InChI=1S/C27H29N7O2/c28-25-21-7-4-12-33(20-10-13-32(14-11-20)24(36)17-35)26(21)31-27-22(16-30-34(25)27)19-8-9-23(29-15-19)18-5-2-1-3-6-18/h1-3,5-6,8-9,15-16,20,35H,4,7,10-14,17,28H2. The summed E-state index contributed by atoms with van der Waals surface area (Å²) in [6, 6.07) is 14.4. The van der Waals surface area contributed by atoms with E-state index in [1.165, 1.54) is 0 Å². The van der Waals surface area contributed by atoms with E-state index in [1.54, 1.807) is 9.42 Å². The Hall–Kier alpha value is -3.98. The normalized spacial score (nSPS) is 16.4. The SMILES string of the molecule is Nc1c2c(nc3c(-c4ccc(-c5ccccc5)nc4)cnn13)N(C1CCN(C(=O)CO)CC1)CCC2. The average Bonchev–Trinajstić information content (AvgIpc) is 3.37. The predicted octanol–water partition coefficient (Wildman–Crippen LogP) is 2.78. The summed E-state index contributed by atoms with van der Waals surface area (Å²) in [5.41, 5.74) is 12.2. The van der Waals surface area contributed by atoms with Gasteiger partial charge >= 0.3 is 0 Å². The van der Waals surface area contributed by atoms with Crippen LogP contribution in [0.4, 0.5) is 11.6 Å². The van der Waals surface area contributed by atoms with Crippen molar-refractivity contribution >= 4 is 23.2 Å². The molecule has 0 saturated carbocycles. The summed E-state index contributed by atoms with van der Waals surface area (Å²) in [7, 11) is 0. The third-order valence-electron chi connectivity index (χ3n) is 7.40. The molecule has 4 aromatic rings. The maximum Gasteiger partial charge on any atom is 0.248 e. The molecule has 0 radical (unpaired) electrons. The number of benzene rings is 1. The van der Waals surface area contributed by atoms with E-state index in [2.05, 4.69) is 21.0 Å². The lowest BCUT2D eigenvalue weighted by molar-refractivity contribution is -0.135. The monoisotopic (exact) mass is 483 g/mol. The highest BCUT2D eigenvalue weighted by molar-refractivity contribution is 5.81. The molecule has 1 amide bonds. The molecular weight excluding hydrogens is 454 g/mol. The molecule has 0 atom stereocenters. The largest absolute Gasteiger partial charge is 0.387 e. The van der Waals surface area contributed by atoms with Crippen LogP contribution in [-0.4, -0.2) is 67.8 Å². The molecule has 6 rings (SSSR count). The number of aliphatic hydroxyl groups excluding tert-OH is 1. The Labute approximate surface area is 209 Å². The van der Waals surface area contributed by atoms with Crippen LogP contribution in [0.1, 0.15) is 24.8 Å². The van der Waals surface area contributed by atoms with Crippen LogP contribution in [0.15, 0.2) is 54.9 Å². The minimum absolute atomic E-state index is 0.202. The van der Waals surface area contributed by atoms with Crippen molar-refractivity contribution in [3.8, 4) is 22.4 Å². The number of nitrogen functional groups attached to an aromatic ring is 1. The molecule has 5 heterocycles. The lowest BCUT2D eigenvalue weighted by atomic mass is 9.98. The second-order valence-electron chi connectivity index (χ2n) is 9.46. The van der Waals surface area contributed by atoms with Gasteiger partial charge in [-0.3, -0.25) is 9.78 Å². The van der Waals surface area contributed by atoms with E-state index >= 15 is 0 Å². The van der Waals surface area contributed by atoms with Crippen molar-refractivity contribution in [2.45, 2.75) is 31.7 Å². The van der Waals surface area contributed by atoms with Crippen molar-refractivity contribution in [1.82, 2.24) is 24.5 Å². The number of piperidine rings is 1. The number of hydrogen-bond acceptors (Lipinski definition) is 7. The first-order chi connectivity index (χ1) is 17.6. The number of nitrogens with zero attached hydrogens (tertiary/aromatic N) is 6. The van der Waals surface area contributed by atoms with E-state index in [9.17, 15) is 9.90 Å². The van der Waals surface area contributed by atoms with E-state index in [0.717, 1.165) is 71.6 Å². The van der Waals surface area contributed by atoms with Crippen LogP contribution in [-0.2, 0) is 11.2 Å².